The number of hydrogen-bond donors (Lipinski definition) is 6. The summed E-state index contributed by atoms with van der Waals surface area (Å²) in [6, 6.07) is 37.6. The number of carboxylic acid groups (broad SMARTS) is 1. The fourth-order valence-corrected chi connectivity index (χ4v) is 14.8. The van der Waals surface area contributed by atoms with E-state index in [1.807, 2.05) is 88.6 Å². The van der Waals surface area contributed by atoms with Crippen molar-refractivity contribution in [2.24, 2.45) is 21.8 Å². The second kappa shape index (κ2) is 31.5. The van der Waals surface area contributed by atoms with E-state index in [1.54, 1.807) is 13.8 Å². The van der Waals surface area contributed by atoms with Gasteiger partial charge in [0.15, 0.2) is 0 Å². The summed E-state index contributed by atoms with van der Waals surface area (Å²) >= 11 is 0. The summed E-state index contributed by atoms with van der Waals surface area (Å²) in [5.74, 6) is 0.348. The third-order valence-corrected chi connectivity index (χ3v) is 20.2. The van der Waals surface area contributed by atoms with Crippen molar-refractivity contribution in [3.05, 3.63) is 144 Å². The van der Waals surface area contributed by atoms with Crippen LogP contribution in [0.5, 0.6) is 0 Å². The van der Waals surface area contributed by atoms with Gasteiger partial charge in [0, 0.05) is 56.3 Å². The molecule has 14 rings (SSSR count). The molecule has 2 aromatic heterocycles. The van der Waals surface area contributed by atoms with E-state index >= 15 is 0 Å². The number of hydrogen-bond acceptors (Lipinski definition) is 15. The lowest BCUT2D eigenvalue weighted by atomic mass is 9.95. The van der Waals surface area contributed by atoms with Crippen molar-refractivity contribution in [2.75, 3.05) is 40.4 Å². The number of imidazole rings is 2. The highest BCUT2D eigenvalue weighted by Gasteiger charge is 2.40. The van der Waals surface area contributed by atoms with E-state index in [9.17, 15) is 28.8 Å². The summed E-state index contributed by atoms with van der Waals surface area (Å²) in [5.41, 5.74) is 14.1. The molecule has 6 aliphatic heterocycles. The number of likely N-dealkylation sites (tertiary alicyclic amines) is 3. The summed E-state index contributed by atoms with van der Waals surface area (Å²) in [6.45, 7) is 21.7. The minimum absolute atomic E-state index is 0.0133. The quantitative estimate of drug-likeness (QED) is 0.0552. The fraction of sp³-hybridized carbons (Fsp3) is 0.439. The van der Waals surface area contributed by atoms with Crippen LogP contribution >= 0.6 is 0 Å². The highest BCUT2D eigenvalue weighted by molar-refractivity contribution is 6.05. The van der Waals surface area contributed by atoms with Crippen molar-refractivity contribution in [2.45, 2.75) is 181 Å². The number of nitrogens with zero attached hydrogens (tertiary/aromatic N) is 7. The number of H-pyrrole nitrogens is 2. The molecule has 6 N–H and O–H groups in total. The molecule has 4 saturated heterocycles. The Morgan fingerprint density at radius 1 is 0.495 bits per heavy atom. The first-order valence-corrected chi connectivity index (χ1v) is 36.7. The molecule has 8 aromatic rings. The average molecular weight is 1430 g/mol. The number of benzene rings is 6. The number of fused-ring (bicyclic) bond motifs is 4. The van der Waals surface area contributed by atoms with Crippen LogP contribution in [0.3, 0.4) is 0 Å². The predicted molar refractivity (Wildman–Crippen MR) is 410 cm³/mol. The largest absolute Gasteiger partial charge is 0.480 e. The van der Waals surface area contributed by atoms with E-state index in [1.165, 1.54) is 53.7 Å². The summed E-state index contributed by atoms with van der Waals surface area (Å²) in [5, 5.41) is 21.8. The van der Waals surface area contributed by atoms with Crippen LogP contribution in [0.1, 0.15) is 168 Å². The summed E-state index contributed by atoms with van der Waals surface area (Å²) in [4.78, 5) is 104. The minimum Gasteiger partial charge on any atom is -0.480 e. The molecule has 552 valence electrons. The predicted octanol–water partition coefficient (Wildman–Crippen LogP) is 15.9. The number of carbonyl (C=O) groups is 6. The zero-order valence-electron chi connectivity index (χ0n) is 62.2. The van der Waals surface area contributed by atoms with Crippen LogP contribution in [0.4, 0.5) is 19.2 Å². The van der Waals surface area contributed by atoms with Gasteiger partial charge in [-0.1, -0.05) is 88.4 Å². The molecule has 0 bridgehead atoms. The minimum atomic E-state index is -1.06. The van der Waals surface area contributed by atoms with Crippen molar-refractivity contribution >= 4 is 102 Å². The lowest BCUT2D eigenvalue weighted by molar-refractivity contribution is -0.140. The number of carboxylic acids is 1. The van der Waals surface area contributed by atoms with Gasteiger partial charge in [-0.25, -0.2) is 33.9 Å². The molecule has 6 aromatic carbocycles. The number of alkyl carbamates (subject to hydrolysis) is 2. The number of methoxy groups -OCH3 is 2. The van der Waals surface area contributed by atoms with Crippen molar-refractivity contribution in [3.63, 3.8) is 0 Å². The molecule has 6 aliphatic rings. The van der Waals surface area contributed by atoms with E-state index in [0.717, 1.165) is 149 Å². The maximum Gasteiger partial charge on any atom is 0.410 e. The van der Waals surface area contributed by atoms with Crippen LogP contribution in [0.25, 0.3) is 77.0 Å². The maximum absolute atomic E-state index is 13.6. The van der Waals surface area contributed by atoms with Crippen molar-refractivity contribution in [1.29, 1.82) is 0 Å². The molecular weight excluding hydrogens is 1330 g/mol. The molecule has 0 aliphatic carbocycles. The molecule has 4 fully saturated rings. The van der Waals surface area contributed by atoms with Crippen LogP contribution in [-0.2, 0) is 28.5 Å². The molecule has 0 saturated carbocycles. The zero-order chi connectivity index (χ0) is 74.6. The molecule has 0 radical (unpaired) electrons. The van der Waals surface area contributed by atoms with Gasteiger partial charge in [-0.15, -0.1) is 0 Å². The molecule has 23 nitrogen and oxygen atoms in total. The average Bonchev–Trinajstić information content (AvgIpc) is 1.74. The first-order chi connectivity index (χ1) is 50.2. The van der Waals surface area contributed by atoms with Gasteiger partial charge in [-0.2, -0.15) is 0 Å². The molecule has 8 heterocycles. The zero-order valence-corrected chi connectivity index (χ0v) is 62.2. The molecular formula is C82H98N12O11. The number of amides is 5. The number of aliphatic imine (C=N–C) groups is 2. The number of allylic oxidation sites excluding steroid dienone is 2. The van der Waals surface area contributed by atoms with Gasteiger partial charge >= 0.3 is 30.3 Å². The number of aromatic nitrogens is 4. The number of nitrogens with one attached hydrogen (secondary N) is 5. The van der Waals surface area contributed by atoms with Gasteiger partial charge in [0.2, 0.25) is 5.91 Å². The molecule has 23 heteroatoms. The van der Waals surface area contributed by atoms with Gasteiger partial charge in [0.1, 0.15) is 34.9 Å². The Kier molecular flexibility index (Phi) is 22.3. The molecule has 6 atom stereocenters. The molecule has 105 heavy (non-hydrogen) atoms. The second-order valence-electron chi connectivity index (χ2n) is 30.7. The van der Waals surface area contributed by atoms with E-state index in [0.29, 0.717) is 19.1 Å². The van der Waals surface area contributed by atoms with E-state index < -0.39 is 41.4 Å². The van der Waals surface area contributed by atoms with Crippen molar-refractivity contribution in [1.82, 2.24) is 50.6 Å². The van der Waals surface area contributed by atoms with Crippen LogP contribution < -0.4 is 16.0 Å². The van der Waals surface area contributed by atoms with Crippen LogP contribution in [-0.4, -0.2) is 163 Å². The smallest absolute Gasteiger partial charge is 0.410 e. The third-order valence-electron chi connectivity index (χ3n) is 20.2. The van der Waals surface area contributed by atoms with Gasteiger partial charge in [0.05, 0.1) is 60.5 Å². The van der Waals surface area contributed by atoms with Crippen LogP contribution in [0, 0.1) is 11.8 Å². The lowest BCUT2D eigenvalue weighted by Crippen LogP contribution is -2.51. The fourth-order valence-electron chi connectivity index (χ4n) is 14.8. The number of ether oxygens (including phenoxy) is 4. The second-order valence-corrected chi connectivity index (χ2v) is 30.7. The van der Waals surface area contributed by atoms with Crippen molar-refractivity contribution < 1.29 is 52.8 Å². The lowest BCUT2D eigenvalue weighted by Gasteiger charge is -2.29. The Hall–Kier alpha value is -10.4. The highest BCUT2D eigenvalue weighted by Crippen LogP contribution is 2.39. The topological polar surface area (TPSA) is 287 Å². The van der Waals surface area contributed by atoms with Crippen LogP contribution in [0.15, 0.2) is 132 Å². The van der Waals surface area contributed by atoms with E-state index in [2.05, 4.69) is 134 Å². The summed E-state index contributed by atoms with van der Waals surface area (Å²) < 4.78 is 20.4. The Labute approximate surface area is 612 Å². The van der Waals surface area contributed by atoms with Gasteiger partial charge < -0.3 is 54.9 Å². The van der Waals surface area contributed by atoms with Gasteiger partial charge in [-0.3, -0.25) is 24.6 Å². The van der Waals surface area contributed by atoms with Crippen molar-refractivity contribution in [3.8, 4) is 22.3 Å². The molecule has 0 unspecified atom stereocenters. The summed E-state index contributed by atoms with van der Waals surface area (Å²) in [7, 11) is 2.49. The van der Waals surface area contributed by atoms with Gasteiger partial charge in [0.25, 0.3) is 0 Å². The summed E-state index contributed by atoms with van der Waals surface area (Å²) in [6.07, 6.45) is 11.3. The van der Waals surface area contributed by atoms with Crippen LogP contribution in [0.2, 0.25) is 0 Å². The first kappa shape index (κ1) is 74.3. The SMILES string of the molecule is CC(C)(C)OC(=O)N1CCC[C@H]1C1=NC=C(c2ccc3cc(-c4ccc5nc([C@@H]6CCCN6)[nH]c5c4)ccc3c2)C1.COC(=O)N[C@H](C(=O)N1CCC[C@H]1c1nc2ccc(-c3ccc4cc(C5=CN=C([C@@H]6CCCN6C(=O)OC(C)(C)C)C5)ccc4c3)cc2[nH]1)C(C)C.COC(=O)N[C@H](C(=O)O)C(C)C. The number of aliphatic carboxylic acids is 1. The Morgan fingerprint density at radius 3 is 1.32 bits per heavy atom. The monoisotopic (exact) mass is 1430 g/mol. The number of carbonyl (C=O) groups excluding carboxylic acids is 5. The van der Waals surface area contributed by atoms with Gasteiger partial charge in [-0.05, 0) is 226 Å². The molecule has 5 amide bonds. The third kappa shape index (κ3) is 17.4. The normalized spacial score (nSPS) is 19.4. The Balaban J connectivity index is 0.000000174. The van der Waals surface area contributed by atoms with E-state index in [-0.39, 0.29) is 48.1 Å². The standard InChI is InChI=1S/C41H48N6O5.C34H37N5O2.C7H13NO4/c1-24(2)36(45-39(49)51-6)38(48)46-17-8-10-35(46)37-43-31-16-15-29(21-32(31)44-37)27-12-11-26-20-28(14-13-25(26)19-27)30-22-33(42-23-30)34-9-7-18-47(34)40(50)52-41(3,4)5;1-34(2,3)41-33(40)39-15-5-7-31(39)30-19-26(20-36-30)24-11-10-21-16-23(9-8-22(21)17-24)25-12-13-27-29(18-25)38-32(37-27)28-6-4-14-35-28;1-4(2)5(6(9)10)8-7(11)12-3/h11-16,19-21,23-24,34-36H,7-10,17-18,22H2,1-6H3,(H,43,44)(H,45,49);8-13,16-18,20,28,31,35H,4-7,14-15,19H2,1-3H3,(H,37,38);4-5H,1-3H3,(H,8,11)(H,9,10)/t34-,35-,36-;28-,31-;5-/m000/s1. The highest BCUT2D eigenvalue weighted by atomic mass is 16.6. The Morgan fingerprint density at radius 2 is 0.895 bits per heavy atom. The first-order valence-electron chi connectivity index (χ1n) is 36.7. The number of rotatable bonds is 14. The van der Waals surface area contributed by atoms with E-state index in [4.69, 9.17) is 39.3 Å². The Bertz CT molecular complexity index is 4740. The number of aromatic amines is 2. The maximum atomic E-state index is 13.6. The molecule has 0 spiro atoms.